The van der Waals surface area contributed by atoms with Crippen molar-refractivity contribution in [2.75, 3.05) is 45.3 Å². The molecule has 0 N–H and O–H groups in total. The molecule has 0 radical (unpaired) electrons. The number of carbonyl (C=O) groups is 2. The molecule has 0 spiro atoms. The van der Waals surface area contributed by atoms with Gasteiger partial charge in [0.25, 0.3) is 0 Å². The zero-order chi connectivity index (χ0) is 27.5. The summed E-state index contributed by atoms with van der Waals surface area (Å²) in [5, 5.41) is 0. The first kappa shape index (κ1) is 29.7. The summed E-state index contributed by atoms with van der Waals surface area (Å²) in [4.78, 5) is 32.5. The summed E-state index contributed by atoms with van der Waals surface area (Å²) in [5.41, 5.74) is 1.02. The molecule has 0 atom stereocenters. The molecule has 2 heterocycles. The Kier molecular flexibility index (Phi) is 11.2. The van der Waals surface area contributed by atoms with Crippen molar-refractivity contribution in [2.24, 2.45) is 11.8 Å². The maximum Gasteiger partial charge on any atom is 0.410 e. The molecule has 38 heavy (non-hydrogen) atoms. The third kappa shape index (κ3) is 9.78. The van der Waals surface area contributed by atoms with E-state index in [4.69, 9.17) is 14.2 Å². The fourth-order valence-electron chi connectivity index (χ4n) is 5.04. The summed E-state index contributed by atoms with van der Waals surface area (Å²) in [6.07, 6.45) is 9.76. The van der Waals surface area contributed by atoms with E-state index in [1.165, 1.54) is 32.8 Å². The van der Waals surface area contributed by atoms with E-state index in [1.54, 1.807) is 29.4 Å². The summed E-state index contributed by atoms with van der Waals surface area (Å²) >= 11 is 0. The van der Waals surface area contributed by atoms with E-state index in [0.29, 0.717) is 30.5 Å². The lowest BCUT2D eigenvalue weighted by atomic mass is 9.82. The zero-order valence-corrected chi connectivity index (χ0v) is 23.7. The highest BCUT2D eigenvalue weighted by atomic mass is 16.6. The van der Waals surface area contributed by atoms with Crippen LogP contribution < -0.4 is 4.90 Å². The topological polar surface area (TPSA) is 81.2 Å². The van der Waals surface area contributed by atoms with Crippen molar-refractivity contribution >= 4 is 17.7 Å². The monoisotopic (exact) mass is 527 g/mol. The number of nitrogens with zero attached hydrogens (tertiary/aromatic N) is 3. The maximum absolute atomic E-state index is 12.3. The SMILES string of the molecule is COC(=O)c1ccncccc(N(C)CC2CCC(COC3CCN(C(=O)OC(C)(C)C)CC3)CC2)cc1. The molecule has 2 fully saturated rings. The van der Waals surface area contributed by atoms with E-state index >= 15 is 0 Å². The summed E-state index contributed by atoms with van der Waals surface area (Å²) in [5.74, 6) is 0.839. The van der Waals surface area contributed by atoms with Crippen LogP contribution in [0.1, 0.15) is 69.7 Å². The average Bonchev–Trinajstić information content (AvgIpc) is 2.89. The van der Waals surface area contributed by atoms with Crippen molar-refractivity contribution in [3.05, 3.63) is 48.3 Å². The van der Waals surface area contributed by atoms with Gasteiger partial charge in [0.1, 0.15) is 5.60 Å². The van der Waals surface area contributed by atoms with Crippen molar-refractivity contribution in [1.82, 2.24) is 9.88 Å². The van der Waals surface area contributed by atoms with Crippen molar-refractivity contribution < 1.29 is 23.8 Å². The number of piperidine rings is 1. The third-order valence-corrected chi connectivity index (χ3v) is 7.23. The number of hydrogen-bond donors (Lipinski definition) is 0. The molecule has 1 amide bonds. The van der Waals surface area contributed by atoms with E-state index in [-0.39, 0.29) is 18.2 Å². The highest BCUT2D eigenvalue weighted by molar-refractivity contribution is 5.89. The number of hydrogen-bond acceptors (Lipinski definition) is 7. The molecule has 0 unspecified atom stereocenters. The van der Waals surface area contributed by atoms with Crippen LogP contribution in [0.3, 0.4) is 0 Å². The molecular weight excluding hydrogens is 482 g/mol. The quantitative estimate of drug-likeness (QED) is 0.424. The van der Waals surface area contributed by atoms with Crippen LogP contribution in [0.15, 0.2) is 42.7 Å². The van der Waals surface area contributed by atoms with Gasteiger partial charge in [-0.15, -0.1) is 0 Å². The first-order valence-corrected chi connectivity index (χ1v) is 13.8. The third-order valence-electron chi connectivity index (χ3n) is 7.23. The first-order valence-electron chi connectivity index (χ1n) is 13.8. The molecule has 1 saturated carbocycles. The van der Waals surface area contributed by atoms with Crippen molar-refractivity contribution in [3.8, 4) is 0 Å². The molecule has 0 aromatic carbocycles. The second-order valence-electron chi connectivity index (χ2n) is 11.4. The van der Waals surface area contributed by atoms with Crippen LogP contribution in [0.25, 0.3) is 0 Å². The number of aromatic nitrogens is 1. The van der Waals surface area contributed by atoms with Crippen LogP contribution in [0.2, 0.25) is 0 Å². The van der Waals surface area contributed by atoms with Crippen molar-refractivity contribution in [3.63, 3.8) is 0 Å². The maximum atomic E-state index is 12.3. The number of anilines is 1. The van der Waals surface area contributed by atoms with E-state index in [0.717, 1.165) is 31.7 Å². The second-order valence-corrected chi connectivity index (χ2v) is 11.4. The first-order chi connectivity index (χ1) is 18.1. The van der Waals surface area contributed by atoms with Gasteiger partial charge >= 0.3 is 12.1 Å². The van der Waals surface area contributed by atoms with Gasteiger partial charge < -0.3 is 24.0 Å². The normalized spacial score (nSPS) is 20.3. The fourth-order valence-corrected chi connectivity index (χ4v) is 5.04. The number of amides is 1. The minimum absolute atomic E-state index is 0.221. The van der Waals surface area contributed by atoms with E-state index in [9.17, 15) is 9.59 Å². The van der Waals surface area contributed by atoms with Crippen LogP contribution >= 0.6 is 0 Å². The largest absolute Gasteiger partial charge is 0.465 e. The highest BCUT2D eigenvalue weighted by Crippen LogP contribution is 2.31. The Balaban J connectivity index is 1.42. The Hall–Kier alpha value is -2.87. The van der Waals surface area contributed by atoms with Crippen LogP contribution in [0.4, 0.5) is 10.5 Å². The van der Waals surface area contributed by atoms with Gasteiger partial charge in [-0.2, -0.15) is 0 Å². The zero-order valence-electron chi connectivity index (χ0n) is 23.7. The van der Waals surface area contributed by atoms with E-state index < -0.39 is 5.60 Å². The summed E-state index contributed by atoms with van der Waals surface area (Å²) in [6, 6.07) is 9.33. The van der Waals surface area contributed by atoms with Crippen molar-refractivity contribution in [2.45, 2.75) is 71.0 Å². The Morgan fingerprint density at radius 2 is 1.66 bits per heavy atom. The number of methoxy groups -OCH3 is 1. The Morgan fingerprint density at radius 1 is 0.974 bits per heavy atom. The minimum atomic E-state index is -0.461. The molecule has 2 aliphatic rings. The summed E-state index contributed by atoms with van der Waals surface area (Å²) in [7, 11) is 3.48. The Morgan fingerprint density at radius 3 is 2.32 bits per heavy atom. The fraction of sp³-hybridized carbons (Fsp3) is 0.633. The molecule has 8 heteroatoms. The van der Waals surface area contributed by atoms with Gasteiger partial charge in [0, 0.05) is 51.4 Å². The number of likely N-dealkylation sites (tertiary alicyclic amines) is 1. The standard InChI is InChI=1S/C30H45N3O5/c1-30(2,3)38-29(35)33-19-15-27(16-20-33)37-22-24-10-8-23(9-11-24)21-32(4)26-7-6-17-31-18-14-25(12-13-26)28(34)36-5/h6-7,12-14,17-18,23-24,27H,8-11,15-16,19-22H2,1-5H3. The van der Waals surface area contributed by atoms with Crippen LogP contribution in [0.5, 0.6) is 0 Å². The Bertz CT molecular complexity index is 962. The van der Waals surface area contributed by atoms with Crippen molar-refractivity contribution in [1.29, 1.82) is 0 Å². The number of rotatable bonds is 7. The van der Waals surface area contributed by atoms with Gasteiger partial charge in [-0.1, -0.05) is 0 Å². The van der Waals surface area contributed by atoms with Gasteiger partial charge in [-0.3, -0.25) is 4.98 Å². The molecule has 1 aromatic heterocycles. The van der Waals surface area contributed by atoms with E-state index in [1.807, 2.05) is 39.0 Å². The predicted octanol–water partition coefficient (Wildman–Crippen LogP) is 5.65. The molecule has 8 nitrogen and oxygen atoms in total. The number of carbonyl (C=O) groups excluding carboxylic acids is 2. The number of ether oxygens (including phenoxy) is 3. The molecule has 0 bridgehead atoms. The lowest BCUT2D eigenvalue weighted by Crippen LogP contribution is -2.43. The van der Waals surface area contributed by atoms with Gasteiger partial charge in [-0.25, -0.2) is 9.59 Å². The van der Waals surface area contributed by atoms with Crippen LogP contribution in [0, 0.1) is 11.8 Å². The molecule has 1 aliphatic heterocycles. The van der Waals surface area contributed by atoms with E-state index in [2.05, 4.69) is 16.9 Å². The molecule has 1 aromatic rings. The van der Waals surface area contributed by atoms with Gasteiger partial charge in [-0.05, 0) is 101 Å². The average molecular weight is 528 g/mol. The number of esters is 1. The molecule has 1 aliphatic carbocycles. The molecular formula is C30H45N3O5. The smallest absolute Gasteiger partial charge is 0.410 e. The van der Waals surface area contributed by atoms with Crippen LogP contribution in [-0.4, -0.2) is 74.1 Å². The summed E-state index contributed by atoms with van der Waals surface area (Å²) < 4.78 is 16.6. The van der Waals surface area contributed by atoms with Gasteiger partial charge in [0.15, 0.2) is 0 Å². The second kappa shape index (κ2) is 14.3. The van der Waals surface area contributed by atoms with Crippen LogP contribution in [-0.2, 0) is 14.2 Å². The Labute approximate surface area is 228 Å². The lowest BCUT2D eigenvalue weighted by Gasteiger charge is -2.35. The molecule has 210 valence electrons. The summed E-state index contributed by atoms with van der Waals surface area (Å²) in [6.45, 7) is 8.85. The van der Waals surface area contributed by atoms with Gasteiger partial charge in [0.05, 0.1) is 18.8 Å². The van der Waals surface area contributed by atoms with Gasteiger partial charge in [0.2, 0.25) is 0 Å². The lowest BCUT2D eigenvalue weighted by molar-refractivity contribution is -0.0256. The molecule has 1 saturated heterocycles. The molecule has 3 rings (SSSR count). The predicted molar refractivity (Wildman–Crippen MR) is 149 cm³/mol. The highest BCUT2D eigenvalue weighted by Gasteiger charge is 2.28. The minimum Gasteiger partial charge on any atom is -0.465 e.